The normalized spacial score (nSPS) is 15.2. The maximum absolute atomic E-state index is 13.4. The van der Waals surface area contributed by atoms with Crippen LogP contribution in [0.5, 0.6) is 0 Å². The van der Waals surface area contributed by atoms with E-state index >= 15 is 0 Å². The van der Waals surface area contributed by atoms with E-state index < -0.39 is 21.7 Å². The van der Waals surface area contributed by atoms with E-state index in [9.17, 15) is 22.0 Å². The number of halogens is 2. The van der Waals surface area contributed by atoms with Gasteiger partial charge in [0.2, 0.25) is 15.9 Å². The number of sulfonamides is 1. The van der Waals surface area contributed by atoms with Crippen LogP contribution in [0.15, 0.2) is 53.0 Å². The molecule has 0 bridgehead atoms. The molecule has 0 atom stereocenters. The van der Waals surface area contributed by atoms with Crippen LogP contribution in [0.25, 0.3) is 10.6 Å². The Morgan fingerprint density at radius 3 is 2.55 bits per heavy atom. The summed E-state index contributed by atoms with van der Waals surface area (Å²) in [5.74, 6) is -2.47. The molecule has 0 unspecified atom stereocenters. The molecule has 31 heavy (non-hydrogen) atoms. The van der Waals surface area contributed by atoms with E-state index in [1.54, 1.807) is 17.3 Å². The van der Waals surface area contributed by atoms with Gasteiger partial charge in [0, 0.05) is 49.5 Å². The van der Waals surface area contributed by atoms with Gasteiger partial charge >= 0.3 is 0 Å². The van der Waals surface area contributed by atoms with E-state index in [0.717, 1.165) is 22.7 Å². The van der Waals surface area contributed by atoms with Crippen LogP contribution in [-0.4, -0.2) is 59.7 Å². The second kappa shape index (κ2) is 8.77. The first-order valence-corrected chi connectivity index (χ1v) is 11.7. The zero-order chi connectivity index (χ0) is 22.0. The van der Waals surface area contributed by atoms with Gasteiger partial charge in [0.05, 0.1) is 17.0 Å². The molecule has 0 spiro atoms. The molecule has 11 heteroatoms. The van der Waals surface area contributed by atoms with Crippen molar-refractivity contribution in [2.24, 2.45) is 0 Å². The SMILES string of the molecule is O=C(Cc1csc(-c2cccnc2)n1)N1CCN(S(=O)(=O)c2ccc(F)c(F)c2)CC1. The van der Waals surface area contributed by atoms with Crippen molar-refractivity contribution >= 4 is 27.3 Å². The van der Waals surface area contributed by atoms with Crippen molar-refractivity contribution in [3.8, 4) is 10.6 Å². The molecule has 0 saturated carbocycles. The number of piperazine rings is 1. The van der Waals surface area contributed by atoms with Crippen molar-refractivity contribution in [2.45, 2.75) is 11.3 Å². The van der Waals surface area contributed by atoms with Gasteiger partial charge in [0.25, 0.3) is 0 Å². The lowest BCUT2D eigenvalue weighted by Gasteiger charge is -2.34. The first-order chi connectivity index (χ1) is 14.8. The molecule has 0 aliphatic carbocycles. The van der Waals surface area contributed by atoms with Crippen molar-refractivity contribution < 1.29 is 22.0 Å². The van der Waals surface area contributed by atoms with Gasteiger partial charge in [-0.1, -0.05) is 0 Å². The number of benzene rings is 1. The summed E-state index contributed by atoms with van der Waals surface area (Å²) in [6.45, 7) is 0.568. The van der Waals surface area contributed by atoms with Crippen LogP contribution < -0.4 is 0 Å². The van der Waals surface area contributed by atoms with Crippen molar-refractivity contribution in [1.29, 1.82) is 0 Å². The fraction of sp³-hybridized carbons (Fsp3) is 0.250. The lowest BCUT2D eigenvalue weighted by molar-refractivity contribution is -0.131. The first-order valence-electron chi connectivity index (χ1n) is 9.42. The van der Waals surface area contributed by atoms with Gasteiger partial charge in [-0.2, -0.15) is 4.31 Å². The number of rotatable bonds is 5. The predicted molar refractivity (Wildman–Crippen MR) is 111 cm³/mol. The van der Waals surface area contributed by atoms with E-state index in [4.69, 9.17) is 0 Å². The quantitative estimate of drug-likeness (QED) is 0.580. The number of nitrogens with zero attached hydrogens (tertiary/aromatic N) is 4. The maximum Gasteiger partial charge on any atom is 0.243 e. The van der Waals surface area contributed by atoms with Crippen LogP contribution in [0, 0.1) is 11.6 Å². The zero-order valence-electron chi connectivity index (χ0n) is 16.2. The molecule has 1 saturated heterocycles. The van der Waals surface area contributed by atoms with Crippen LogP contribution in [0.1, 0.15) is 5.69 Å². The van der Waals surface area contributed by atoms with E-state index in [-0.39, 0.29) is 43.4 Å². The fourth-order valence-corrected chi connectivity index (χ4v) is 5.49. The lowest BCUT2D eigenvalue weighted by atomic mass is 10.2. The van der Waals surface area contributed by atoms with Crippen molar-refractivity contribution in [3.63, 3.8) is 0 Å². The third-order valence-electron chi connectivity index (χ3n) is 4.91. The number of amides is 1. The number of thiazole rings is 1. The van der Waals surface area contributed by atoms with Gasteiger partial charge in [0.15, 0.2) is 11.6 Å². The lowest BCUT2D eigenvalue weighted by Crippen LogP contribution is -2.50. The molecule has 3 heterocycles. The van der Waals surface area contributed by atoms with Crippen LogP contribution >= 0.6 is 11.3 Å². The average molecular weight is 465 g/mol. The summed E-state index contributed by atoms with van der Waals surface area (Å²) in [5, 5.41) is 2.60. The smallest absolute Gasteiger partial charge is 0.243 e. The van der Waals surface area contributed by atoms with Gasteiger partial charge in [-0.25, -0.2) is 22.2 Å². The molecule has 1 aliphatic rings. The van der Waals surface area contributed by atoms with Gasteiger partial charge in [0.1, 0.15) is 5.01 Å². The highest BCUT2D eigenvalue weighted by atomic mass is 32.2. The van der Waals surface area contributed by atoms with Crippen molar-refractivity contribution in [2.75, 3.05) is 26.2 Å². The second-order valence-electron chi connectivity index (χ2n) is 6.92. The Bertz CT molecular complexity index is 1190. The Balaban J connectivity index is 1.37. The molecule has 3 aromatic rings. The third-order valence-corrected chi connectivity index (χ3v) is 7.75. The van der Waals surface area contributed by atoms with Gasteiger partial charge in [-0.15, -0.1) is 11.3 Å². The molecule has 4 rings (SSSR count). The Hall–Kier alpha value is -2.76. The highest BCUT2D eigenvalue weighted by Crippen LogP contribution is 2.24. The highest BCUT2D eigenvalue weighted by Gasteiger charge is 2.30. The summed E-state index contributed by atoms with van der Waals surface area (Å²) >= 11 is 1.43. The second-order valence-corrected chi connectivity index (χ2v) is 9.72. The molecule has 1 fully saturated rings. The third kappa shape index (κ3) is 4.63. The minimum absolute atomic E-state index is 0.0745. The molecule has 7 nitrogen and oxygen atoms in total. The molecule has 0 radical (unpaired) electrons. The number of carbonyl (C=O) groups excluding carboxylic acids is 1. The van der Waals surface area contributed by atoms with Crippen LogP contribution in [0.2, 0.25) is 0 Å². The fourth-order valence-electron chi connectivity index (χ4n) is 3.24. The van der Waals surface area contributed by atoms with Crippen LogP contribution in [-0.2, 0) is 21.2 Å². The molecular formula is C20H18F2N4O3S2. The van der Waals surface area contributed by atoms with Gasteiger partial charge < -0.3 is 4.90 Å². The topological polar surface area (TPSA) is 83.5 Å². The summed E-state index contributed by atoms with van der Waals surface area (Å²) in [4.78, 5) is 22.5. The molecule has 162 valence electrons. The molecule has 0 N–H and O–H groups in total. The Kier molecular flexibility index (Phi) is 6.08. The van der Waals surface area contributed by atoms with Gasteiger partial charge in [-0.05, 0) is 30.3 Å². The highest BCUT2D eigenvalue weighted by molar-refractivity contribution is 7.89. The number of hydrogen-bond acceptors (Lipinski definition) is 6. The van der Waals surface area contributed by atoms with E-state index in [0.29, 0.717) is 11.8 Å². The number of hydrogen-bond donors (Lipinski definition) is 0. The Morgan fingerprint density at radius 2 is 1.87 bits per heavy atom. The average Bonchev–Trinajstić information content (AvgIpc) is 3.24. The van der Waals surface area contributed by atoms with Crippen molar-refractivity contribution in [3.05, 3.63) is 65.4 Å². The van der Waals surface area contributed by atoms with E-state index in [1.807, 2.05) is 17.5 Å². The minimum atomic E-state index is -3.96. The predicted octanol–water partition coefficient (Wildman–Crippen LogP) is 2.56. The van der Waals surface area contributed by atoms with Gasteiger partial charge in [-0.3, -0.25) is 9.78 Å². The summed E-state index contributed by atoms with van der Waals surface area (Å²) in [6, 6.07) is 6.20. The number of aromatic nitrogens is 2. The van der Waals surface area contributed by atoms with Crippen molar-refractivity contribution in [1.82, 2.24) is 19.2 Å². The summed E-state index contributed by atoms with van der Waals surface area (Å²) in [5.41, 5.74) is 1.52. The molecule has 1 aromatic carbocycles. The zero-order valence-corrected chi connectivity index (χ0v) is 17.9. The first kappa shape index (κ1) is 21.5. The maximum atomic E-state index is 13.4. The molecule has 1 amide bonds. The standard InChI is InChI=1S/C20H18F2N4O3S2/c21-17-4-3-16(11-18(17)22)31(28,29)26-8-6-25(7-9-26)19(27)10-15-13-30-20(24-15)14-2-1-5-23-12-14/h1-5,11-13H,6-10H2. The molecule has 1 aliphatic heterocycles. The van der Waals surface area contributed by atoms with Crippen LogP contribution in [0.4, 0.5) is 8.78 Å². The largest absolute Gasteiger partial charge is 0.340 e. The Labute approximate surface area is 182 Å². The monoisotopic (exact) mass is 464 g/mol. The molecule has 2 aromatic heterocycles. The number of pyridine rings is 1. The molecular weight excluding hydrogens is 446 g/mol. The number of carbonyl (C=O) groups is 1. The summed E-state index contributed by atoms with van der Waals surface area (Å²) < 4.78 is 53.1. The van der Waals surface area contributed by atoms with E-state index in [1.165, 1.54) is 15.6 Å². The van der Waals surface area contributed by atoms with Crippen LogP contribution in [0.3, 0.4) is 0 Å². The summed E-state index contributed by atoms with van der Waals surface area (Å²) in [7, 11) is -3.96. The summed E-state index contributed by atoms with van der Waals surface area (Å²) in [6.07, 6.45) is 3.50. The van der Waals surface area contributed by atoms with E-state index in [2.05, 4.69) is 9.97 Å². The Morgan fingerprint density at radius 1 is 1.10 bits per heavy atom. The minimum Gasteiger partial charge on any atom is -0.340 e.